The van der Waals surface area contributed by atoms with Crippen LogP contribution in [0.3, 0.4) is 0 Å². The van der Waals surface area contributed by atoms with Crippen LogP contribution in [0.5, 0.6) is 0 Å². The zero-order valence-corrected chi connectivity index (χ0v) is 9.74. The van der Waals surface area contributed by atoms with E-state index in [2.05, 4.69) is 13.5 Å². The van der Waals surface area contributed by atoms with Gasteiger partial charge in [0.1, 0.15) is 6.10 Å². The van der Waals surface area contributed by atoms with Crippen molar-refractivity contribution in [2.45, 2.75) is 65.6 Å². The molecule has 2 unspecified atom stereocenters. The van der Waals surface area contributed by atoms with Gasteiger partial charge in [0, 0.05) is 6.08 Å². The fourth-order valence-electron chi connectivity index (χ4n) is 1.44. The molecule has 0 radical (unpaired) electrons. The fraction of sp³-hybridized carbons (Fsp3) is 0.769. The summed E-state index contributed by atoms with van der Waals surface area (Å²) in [5.74, 6) is -0.356. The maximum Gasteiger partial charge on any atom is 0.330 e. The number of rotatable bonds is 8. The normalized spacial score (nSPS) is 13.4. The lowest BCUT2D eigenvalue weighted by molar-refractivity contribution is -0.143. The van der Waals surface area contributed by atoms with Gasteiger partial charge in [0.25, 0.3) is 0 Å². The van der Waals surface area contributed by atoms with Crippen LogP contribution in [0.15, 0.2) is 12.7 Å². The van der Waals surface area contributed by atoms with Gasteiger partial charge in [0.05, 0.1) is 6.10 Å². The van der Waals surface area contributed by atoms with Gasteiger partial charge < -0.3 is 9.84 Å². The predicted octanol–water partition coefficient (Wildman–Crippen LogP) is 3.07. The van der Waals surface area contributed by atoms with Gasteiger partial charge in [-0.1, -0.05) is 27.4 Å². The SMILES string of the molecule is C.C=CC(=O)OC(CCC)CCCC(C)O. The molecule has 0 aromatic heterocycles. The van der Waals surface area contributed by atoms with Crippen molar-refractivity contribution < 1.29 is 14.6 Å². The number of aliphatic hydroxyl groups is 1. The highest BCUT2D eigenvalue weighted by Crippen LogP contribution is 2.12. The summed E-state index contributed by atoms with van der Waals surface area (Å²) in [6.45, 7) is 7.20. The van der Waals surface area contributed by atoms with Crippen LogP contribution >= 0.6 is 0 Å². The van der Waals surface area contributed by atoms with E-state index in [9.17, 15) is 4.79 Å². The summed E-state index contributed by atoms with van der Waals surface area (Å²) in [7, 11) is 0. The molecule has 0 saturated heterocycles. The molecule has 0 fully saturated rings. The lowest BCUT2D eigenvalue weighted by Crippen LogP contribution is -2.17. The Labute approximate surface area is 99.5 Å². The minimum Gasteiger partial charge on any atom is -0.459 e. The van der Waals surface area contributed by atoms with Crippen LogP contribution in [-0.2, 0) is 9.53 Å². The second-order valence-electron chi connectivity index (χ2n) is 3.83. The number of carbonyl (C=O) groups is 1. The maximum absolute atomic E-state index is 11.0. The molecule has 0 aliphatic carbocycles. The summed E-state index contributed by atoms with van der Waals surface area (Å²) in [6.07, 6.45) is 5.21. The molecule has 0 amide bonds. The third-order valence-electron chi connectivity index (χ3n) is 2.21. The van der Waals surface area contributed by atoms with E-state index >= 15 is 0 Å². The van der Waals surface area contributed by atoms with Gasteiger partial charge in [-0.05, 0) is 32.6 Å². The molecule has 2 atom stereocenters. The number of ether oxygens (including phenoxy) is 1. The van der Waals surface area contributed by atoms with Gasteiger partial charge in [-0.2, -0.15) is 0 Å². The minimum absolute atomic E-state index is 0. The summed E-state index contributed by atoms with van der Waals surface area (Å²) in [5.41, 5.74) is 0. The van der Waals surface area contributed by atoms with Crippen molar-refractivity contribution in [2.24, 2.45) is 0 Å². The zero-order chi connectivity index (χ0) is 11.7. The smallest absolute Gasteiger partial charge is 0.330 e. The van der Waals surface area contributed by atoms with Crippen LogP contribution < -0.4 is 0 Å². The molecule has 0 saturated carbocycles. The Morgan fingerprint density at radius 3 is 2.50 bits per heavy atom. The molecule has 1 N–H and O–H groups in total. The van der Waals surface area contributed by atoms with Crippen LogP contribution in [0.4, 0.5) is 0 Å². The van der Waals surface area contributed by atoms with Crippen molar-refractivity contribution in [3.8, 4) is 0 Å². The molecule has 0 rings (SSSR count). The molecule has 0 aromatic rings. The highest BCUT2D eigenvalue weighted by Gasteiger charge is 2.11. The highest BCUT2D eigenvalue weighted by atomic mass is 16.5. The maximum atomic E-state index is 11.0. The molecule has 3 heteroatoms. The molecule has 3 nitrogen and oxygen atoms in total. The van der Waals surface area contributed by atoms with E-state index in [0.29, 0.717) is 0 Å². The quantitative estimate of drug-likeness (QED) is 0.515. The predicted molar refractivity (Wildman–Crippen MR) is 67.2 cm³/mol. The van der Waals surface area contributed by atoms with Gasteiger partial charge in [-0.3, -0.25) is 0 Å². The molecule has 0 aromatic carbocycles. The van der Waals surface area contributed by atoms with E-state index in [0.717, 1.165) is 32.1 Å². The third kappa shape index (κ3) is 9.71. The molecular formula is C13H26O3. The van der Waals surface area contributed by atoms with Crippen LogP contribution in [0.2, 0.25) is 0 Å². The molecular weight excluding hydrogens is 204 g/mol. The van der Waals surface area contributed by atoms with E-state index in [1.165, 1.54) is 6.08 Å². The Hall–Kier alpha value is -0.830. The Bertz CT molecular complexity index is 188. The summed E-state index contributed by atoms with van der Waals surface area (Å²) >= 11 is 0. The second-order valence-corrected chi connectivity index (χ2v) is 3.83. The Morgan fingerprint density at radius 2 is 2.06 bits per heavy atom. The van der Waals surface area contributed by atoms with Crippen molar-refractivity contribution in [2.75, 3.05) is 0 Å². The Kier molecular flexibility index (Phi) is 11.7. The van der Waals surface area contributed by atoms with Crippen molar-refractivity contribution in [3.05, 3.63) is 12.7 Å². The van der Waals surface area contributed by atoms with E-state index < -0.39 is 0 Å². The topological polar surface area (TPSA) is 46.5 Å². The van der Waals surface area contributed by atoms with E-state index in [4.69, 9.17) is 9.84 Å². The monoisotopic (exact) mass is 230 g/mol. The number of carbonyl (C=O) groups excluding carboxylic acids is 1. The third-order valence-corrected chi connectivity index (χ3v) is 2.21. The van der Waals surface area contributed by atoms with Gasteiger partial charge in [-0.25, -0.2) is 4.79 Å². The van der Waals surface area contributed by atoms with Gasteiger partial charge in [0.15, 0.2) is 0 Å². The zero-order valence-electron chi connectivity index (χ0n) is 9.74. The Morgan fingerprint density at radius 1 is 1.44 bits per heavy atom. The van der Waals surface area contributed by atoms with Crippen molar-refractivity contribution in [1.29, 1.82) is 0 Å². The lowest BCUT2D eigenvalue weighted by atomic mass is 10.1. The molecule has 0 aliphatic heterocycles. The van der Waals surface area contributed by atoms with Crippen LogP contribution in [0.25, 0.3) is 0 Å². The number of aliphatic hydroxyl groups excluding tert-OH is 1. The first-order chi connectivity index (χ1) is 7.10. The van der Waals surface area contributed by atoms with E-state index in [-0.39, 0.29) is 25.6 Å². The summed E-state index contributed by atoms with van der Waals surface area (Å²) in [4.78, 5) is 11.0. The van der Waals surface area contributed by atoms with Crippen molar-refractivity contribution in [3.63, 3.8) is 0 Å². The van der Waals surface area contributed by atoms with Gasteiger partial charge >= 0.3 is 5.97 Å². The molecule has 0 heterocycles. The summed E-state index contributed by atoms with van der Waals surface area (Å²) < 4.78 is 5.18. The average molecular weight is 230 g/mol. The van der Waals surface area contributed by atoms with Crippen LogP contribution in [0, 0.1) is 0 Å². The number of esters is 1. The number of hydrogen-bond acceptors (Lipinski definition) is 3. The first-order valence-corrected chi connectivity index (χ1v) is 5.61. The summed E-state index contributed by atoms with van der Waals surface area (Å²) in [6, 6.07) is 0. The first kappa shape index (κ1) is 17.6. The van der Waals surface area contributed by atoms with Crippen molar-refractivity contribution >= 4 is 5.97 Å². The van der Waals surface area contributed by atoms with E-state index in [1.807, 2.05) is 0 Å². The second kappa shape index (κ2) is 10.7. The first-order valence-electron chi connectivity index (χ1n) is 5.61. The largest absolute Gasteiger partial charge is 0.459 e. The van der Waals surface area contributed by atoms with Gasteiger partial charge in [0.2, 0.25) is 0 Å². The lowest BCUT2D eigenvalue weighted by Gasteiger charge is -2.16. The highest BCUT2D eigenvalue weighted by molar-refractivity contribution is 5.81. The number of hydrogen-bond donors (Lipinski definition) is 1. The average Bonchev–Trinajstić information content (AvgIpc) is 2.17. The molecule has 96 valence electrons. The fourth-order valence-corrected chi connectivity index (χ4v) is 1.44. The minimum atomic E-state index is -0.356. The summed E-state index contributed by atoms with van der Waals surface area (Å²) in [5, 5.41) is 9.10. The standard InChI is InChI=1S/C12H22O3.CH4/c1-4-7-11(15-12(14)5-2)9-6-8-10(3)13;/h5,10-11,13H,2,4,6-9H2,1,3H3;1H4. The molecule has 0 aliphatic rings. The van der Waals surface area contributed by atoms with Crippen molar-refractivity contribution in [1.82, 2.24) is 0 Å². The molecule has 0 bridgehead atoms. The van der Waals surface area contributed by atoms with Crippen LogP contribution in [-0.4, -0.2) is 23.3 Å². The molecule has 0 spiro atoms. The van der Waals surface area contributed by atoms with E-state index in [1.54, 1.807) is 6.92 Å². The molecule has 16 heavy (non-hydrogen) atoms. The van der Waals surface area contributed by atoms with Crippen LogP contribution in [0.1, 0.15) is 53.4 Å². The Balaban J connectivity index is 0. The van der Waals surface area contributed by atoms with Gasteiger partial charge in [-0.15, -0.1) is 0 Å².